The average Bonchev–Trinajstić information content (AvgIpc) is 2.95. The summed E-state index contributed by atoms with van der Waals surface area (Å²) in [5.74, 6) is 0.967. The lowest BCUT2D eigenvalue weighted by Crippen LogP contribution is -2.39. The van der Waals surface area contributed by atoms with E-state index in [1.165, 1.54) is 33.4 Å². The van der Waals surface area contributed by atoms with Crippen LogP contribution in [0.5, 0.6) is 5.75 Å². The molecule has 0 saturated heterocycles. The Bertz CT molecular complexity index is 991. The maximum atomic E-state index is 6.12. The van der Waals surface area contributed by atoms with Gasteiger partial charge in [-0.25, -0.2) is 0 Å². The molecule has 0 fully saturated rings. The fourth-order valence-corrected chi connectivity index (χ4v) is 4.56. The van der Waals surface area contributed by atoms with Gasteiger partial charge in [-0.1, -0.05) is 60.7 Å². The van der Waals surface area contributed by atoms with Crippen LogP contribution in [0, 0.1) is 0 Å². The molecule has 5 aliphatic rings. The molecule has 3 aromatic rings. The molecule has 136 valence electrons. The molecule has 1 atom stereocenters. The molecule has 0 aromatic heterocycles. The smallest absolute Gasteiger partial charge is 0.153 e. The fraction of sp³-hybridized carbons (Fsp3) is 0.280. The summed E-state index contributed by atoms with van der Waals surface area (Å²) < 4.78 is 0. The minimum Gasteiger partial charge on any atom is -0.405 e. The fourth-order valence-electron chi connectivity index (χ4n) is 4.56. The number of nitrogens with zero attached hydrogens (tertiary/aromatic N) is 1. The monoisotopic (exact) mass is 355 g/mol. The van der Waals surface area contributed by atoms with Crippen LogP contribution in [0.1, 0.15) is 40.3 Å². The third-order valence-electron chi connectivity index (χ3n) is 6.38. The average molecular weight is 355 g/mol. The van der Waals surface area contributed by atoms with Gasteiger partial charge in [-0.3, -0.25) is 0 Å². The zero-order valence-electron chi connectivity index (χ0n) is 16.0. The largest absolute Gasteiger partial charge is 0.405 e. The van der Waals surface area contributed by atoms with Crippen molar-refractivity contribution in [3.63, 3.8) is 0 Å². The van der Waals surface area contributed by atoms with E-state index < -0.39 is 0 Å². The normalized spacial score (nSPS) is 21.4. The third kappa shape index (κ3) is 2.67. The molecular weight excluding hydrogens is 330 g/mol. The lowest BCUT2D eigenvalue weighted by molar-refractivity contribution is -0.0732. The van der Waals surface area contributed by atoms with Gasteiger partial charge in [0.05, 0.1) is 0 Å². The summed E-state index contributed by atoms with van der Waals surface area (Å²) in [5.41, 5.74) is 8.01. The van der Waals surface area contributed by atoms with Gasteiger partial charge < -0.3 is 4.84 Å². The van der Waals surface area contributed by atoms with Crippen molar-refractivity contribution in [1.82, 2.24) is 5.06 Å². The Kier molecular flexibility index (Phi) is 3.84. The van der Waals surface area contributed by atoms with Gasteiger partial charge in [0.1, 0.15) is 5.54 Å². The summed E-state index contributed by atoms with van der Waals surface area (Å²) in [6.45, 7) is 2.29. The Hall–Kier alpha value is -2.58. The van der Waals surface area contributed by atoms with Gasteiger partial charge >= 0.3 is 0 Å². The van der Waals surface area contributed by atoms with Gasteiger partial charge in [0.25, 0.3) is 0 Å². The van der Waals surface area contributed by atoms with Gasteiger partial charge in [-0.2, -0.15) is 0 Å². The summed E-state index contributed by atoms with van der Waals surface area (Å²) in [6, 6.07) is 24.7. The standard InChI is InChI=1S/C25H25NO/c1-25(22-5-3-4-6-24(22)27-26(25)2)23-17-20-12-11-18-7-9-19(10-8-18)13-15-21(23)16-14-20/h3-10,14,16-17H,11-13,15H2,1-2H3/t25-/m0/s1. The quantitative estimate of drug-likeness (QED) is 0.604. The Balaban J connectivity index is 1.65. The molecule has 1 heterocycles. The molecule has 2 nitrogen and oxygen atoms in total. The maximum absolute atomic E-state index is 6.12. The second kappa shape index (κ2) is 6.24. The molecule has 27 heavy (non-hydrogen) atoms. The van der Waals surface area contributed by atoms with E-state index in [0.717, 1.165) is 31.4 Å². The van der Waals surface area contributed by atoms with Crippen molar-refractivity contribution in [1.29, 1.82) is 0 Å². The van der Waals surface area contributed by atoms with E-state index in [1.807, 2.05) is 11.1 Å². The number of hydrogen-bond acceptors (Lipinski definition) is 2. The molecule has 2 heteroatoms. The predicted octanol–water partition coefficient (Wildman–Crippen LogP) is 5.07. The Morgan fingerprint density at radius 3 is 2.15 bits per heavy atom. The molecule has 1 aliphatic heterocycles. The van der Waals surface area contributed by atoms with E-state index in [2.05, 4.69) is 74.6 Å². The van der Waals surface area contributed by atoms with Gasteiger partial charge in [0.15, 0.2) is 5.75 Å². The van der Waals surface area contributed by atoms with E-state index in [-0.39, 0.29) is 5.54 Å². The van der Waals surface area contributed by atoms with Crippen LogP contribution in [-0.2, 0) is 31.2 Å². The highest BCUT2D eigenvalue weighted by Gasteiger charge is 2.44. The van der Waals surface area contributed by atoms with Crippen LogP contribution in [0.2, 0.25) is 0 Å². The summed E-state index contributed by atoms with van der Waals surface area (Å²) in [6.07, 6.45) is 4.25. The molecule has 3 aromatic carbocycles. The van der Waals surface area contributed by atoms with E-state index in [1.54, 1.807) is 0 Å². The first-order chi connectivity index (χ1) is 13.1. The van der Waals surface area contributed by atoms with Gasteiger partial charge in [-0.05, 0) is 66.5 Å². The number of fused-ring (bicyclic) bond motifs is 1. The second-order valence-electron chi connectivity index (χ2n) is 7.97. The first-order valence-electron chi connectivity index (χ1n) is 9.86. The highest BCUT2D eigenvalue weighted by Crippen LogP contribution is 2.46. The Labute approximate surface area is 161 Å². The lowest BCUT2D eigenvalue weighted by Gasteiger charge is -2.33. The number of para-hydroxylation sites is 1. The Morgan fingerprint density at radius 2 is 1.37 bits per heavy atom. The topological polar surface area (TPSA) is 12.5 Å². The first kappa shape index (κ1) is 16.6. The molecule has 0 saturated carbocycles. The van der Waals surface area contributed by atoms with Gasteiger partial charge in [0, 0.05) is 12.6 Å². The number of hydrogen-bond donors (Lipinski definition) is 0. The molecule has 0 unspecified atom stereocenters. The predicted molar refractivity (Wildman–Crippen MR) is 109 cm³/mol. The molecule has 0 amide bonds. The van der Waals surface area contributed by atoms with Crippen molar-refractivity contribution in [2.45, 2.75) is 38.1 Å². The summed E-state index contributed by atoms with van der Waals surface area (Å²) >= 11 is 0. The Morgan fingerprint density at radius 1 is 0.741 bits per heavy atom. The first-order valence-corrected chi connectivity index (χ1v) is 9.86. The number of benzene rings is 3. The summed E-state index contributed by atoms with van der Waals surface area (Å²) in [7, 11) is 2.05. The van der Waals surface area contributed by atoms with Crippen molar-refractivity contribution in [2.24, 2.45) is 0 Å². The molecule has 0 radical (unpaired) electrons. The van der Waals surface area contributed by atoms with E-state index in [9.17, 15) is 0 Å². The molecule has 4 aliphatic carbocycles. The van der Waals surface area contributed by atoms with E-state index in [0.29, 0.717) is 0 Å². The molecule has 0 N–H and O–H groups in total. The summed E-state index contributed by atoms with van der Waals surface area (Å²) in [5, 5.41) is 2.03. The molecular formula is C25H25NO. The van der Waals surface area contributed by atoms with Crippen LogP contribution in [0.3, 0.4) is 0 Å². The highest BCUT2D eigenvalue weighted by atomic mass is 16.7. The van der Waals surface area contributed by atoms with E-state index >= 15 is 0 Å². The van der Waals surface area contributed by atoms with Crippen molar-refractivity contribution < 1.29 is 4.84 Å². The van der Waals surface area contributed by atoms with Crippen molar-refractivity contribution in [2.75, 3.05) is 7.05 Å². The molecule has 0 spiro atoms. The summed E-state index contributed by atoms with van der Waals surface area (Å²) in [4.78, 5) is 6.12. The second-order valence-corrected chi connectivity index (χ2v) is 7.97. The number of aryl methyl sites for hydroxylation is 4. The van der Waals surface area contributed by atoms with Crippen molar-refractivity contribution in [3.05, 3.63) is 100 Å². The minimum atomic E-state index is -0.269. The number of rotatable bonds is 1. The van der Waals surface area contributed by atoms with Crippen molar-refractivity contribution in [3.8, 4) is 5.75 Å². The van der Waals surface area contributed by atoms with Crippen LogP contribution in [-0.4, -0.2) is 12.1 Å². The van der Waals surface area contributed by atoms with Crippen LogP contribution >= 0.6 is 0 Å². The van der Waals surface area contributed by atoms with E-state index in [4.69, 9.17) is 4.84 Å². The van der Waals surface area contributed by atoms with Crippen LogP contribution in [0.15, 0.2) is 66.7 Å². The molecule has 8 rings (SSSR count). The van der Waals surface area contributed by atoms with Crippen molar-refractivity contribution >= 4 is 0 Å². The molecule has 4 bridgehead atoms. The van der Waals surface area contributed by atoms with Crippen LogP contribution in [0.25, 0.3) is 0 Å². The van der Waals surface area contributed by atoms with Gasteiger partial charge in [0.2, 0.25) is 0 Å². The van der Waals surface area contributed by atoms with Crippen LogP contribution in [0.4, 0.5) is 0 Å². The minimum absolute atomic E-state index is 0.269. The SMILES string of the molecule is CN1Oc2ccccc2[C@@]1(C)c1cc2ccc1CCc1ccc(cc1)CC2. The zero-order chi connectivity index (χ0) is 18.4. The zero-order valence-corrected chi connectivity index (χ0v) is 16.0. The van der Waals surface area contributed by atoms with Crippen LogP contribution < -0.4 is 4.84 Å². The number of hydroxylamine groups is 2. The maximum Gasteiger partial charge on any atom is 0.153 e. The highest BCUT2D eigenvalue weighted by molar-refractivity contribution is 5.52. The third-order valence-corrected chi connectivity index (χ3v) is 6.38. The lowest BCUT2D eigenvalue weighted by atomic mass is 9.79. The van der Waals surface area contributed by atoms with Gasteiger partial charge in [-0.15, -0.1) is 5.06 Å².